The lowest BCUT2D eigenvalue weighted by Gasteiger charge is -2.28. The number of aromatic nitrogens is 2. The Morgan fingerprint density at radius 1 is 1.04 bits per heavy atom. The molecule has 2 rings (SSSR count). The van der Waals surface area contributed by atoms with Crippen LogP contribution < -0.4 is 0 Å². The van der Waals surface area contributed by atoms with Gasteiger partial charge in [-0.3, -0.25) is 0 Å². The molecule has 0 bridgehead atoms. The molecule has 24 heavy (non-hydrogen) atoms. The third-order valence-electron chi connectivity index (χ3n) is 3.70. The average Bonchev–Trinajstić information content (AvgIpc) is 2.89. The molecule has 0 spiro atoms. The van der Waals surface area contributed by atoms with E-state index in [1.165, 1.54) is 5.52 Å². The van der Waals surface area contributed by atoms with E-state index in [1.54, 1.807) is 11.8 Å². The molecule has 1 aromatic heterocycles. The molecular formula is C17H28N2O3SSi. The van der Waals surface area contributed by atoms with Gasteiger partial charge in [0.05, 0.1) is 11.0 Å². The summed E-state index contributed by atoms with van der Waals surface area (Å²) in [6.07, 6.45) is 0.986. The van der Waals surface area contributed by atoms with E-state index in [4.69, 9.17) is 18.3 Å². The Balaban J connectivity index is 1.92. The zero-order valence-electron chi connectivity index (χ0n) is 15.1. The summed E-state index contributed by atoms with van der Waals surface area (Å²) in [4.78, 5) is 4.70. The van der Waals surface area contributed by atoms with Crippen molar-refractivity contribution < 1.29 is 13.3 Å². The maximum atomic E-state index is 5.90. The van der Waals surface area contributed by atoms with Crippen LogP contribution >= 0.6 is 11.8 Å². The molecule has 0 amide bonds. The van der Waals surface area contributed by atoms with Crippen molar-refractivity contribution in [2.45, 2.75) is 38.4 Å². The summed E-state index contributed by atoms with van der Waals surface area (Å²) >= 11 is 1.78. The van der Waals surface area contributed by atoms with E-state index in [1.807, 2.05) is 32.9 Å². The van der Waals surface area contributed by atoms with Gasteiger partial charge in [0.15, 0.2) is 5.16 Å². The summed E-state index contributed by atoms with van der Waals surface area (Å²) < 4.78 is 19.8. The number of imidazole rings is 1. The van der Waals surface area contributed by atoms with E-state index in [2.05, 4.69) is 23.7 Å². The molecule has 7 heteroatoms. The molecule has 0 radical (unpaired) electrons. The van der Waals surface area contributed by atoms with Crippen LogP contribution in [0, 0.1) is 0 Å². The largest absolute Gasteiger partial charge is 0.500 e. The first-order chi connectivity index (χ1) is 11.7. The van der Waals surface area contributed by atoms with Gasteiger partial charge in [-0.15, -0.1) is 0 Å². The highest BCUT2D eigenvalue weighted by molar-refractivity contribution is 7.99. The summed E-state index contributed by atoms with van der Waals surface area (Å²) in [6, 6.07) is 9.07. The summed E-state index contributed by atoms with van der Waals surface area (Å²) in [5.74, 6) is 0.971. The topological polar surface area (TPSA) is 45.5 Å². The highest BCUT2D eigenvalue weighted by atomic mass is 32.2. The van der Waals surface area contributed by atoms with Crippen LogP contribution in [0.3, 0.4) is 0 Å². The summed E-state index contributed by atoms with van der Waals surface area (Å²) in [5.41, 5.74) is 2.21. The van der Waals surface area contributed by atoms with Crippen molar-refractivity contribution in [2.75, 3.05) is 25.6 Å². The fourth-order valence-corrected chi connectivity index (χ4v) is 6.50. The first kappa shape index (κ1) is 19.5. The lowest BCUT2D eigenvalue weighted by atomic mass is 10.3. The zero-order chi connectivity index (χ0) is 17.4. The number of aryl methyl sites for hydroxylation is 1. The van der Waals surface area contributed by atoms with Crippen LogP contribution in [0.4, 0.5) is 0 Å². The maximum absolute atomic E-state index is 5.90. The van der Waals surface area contributed by atoms with Gasteiger partial charge in [-0.25, -0.2) is 4.98 Å². The molecule has 0 aliphatic rings. The quantitative estimate of drug-likeness (QED) is 0.339. The van der Waals surface area contributed by atoms with Crippen LogP contribution in [0.5, 0.6) is 0 Å². The monoisotopic (exact) mass is 368 g/mol. The van der Waals surface area contributed by atoms with Crippen molar-refractivity contribution in [3.63, 3.8) is 0 Å². The Hall–Kier alpha value is -0.863. The highest BCUT2D eigenvalue weighted by Crippen LogP contribution is 2.25. The molecule has 1 heterocycles. The predicted octanol–water partition coefficient (Wildman–Crippen LogP) is 4.10. The SMILES string of the molecule is CCO[Si](CCCSc1nc2ccccc2n1C)(OCC)OCC. The fourth-order valence-electron chi connectivity index (χ4n) is 2.71. The lowest BCUT2D eigenvalue weighted by molar-refractivity contribution is 0.0712. The van der Waals surface area contributed by atoms with E-state index in [-0.39, 0.29) is 0 Å². The van der Waals surface area contributed by atoms with Crippen LogP contribution in [0.2, 0.25) is 6.04 Å². The molecule has 1 aromatic carbocycles. The van der Waals surface area contributed by atoms with Crippen LogP contribution in [-0.4, -0.2) is 43.9 Å². The van der Waals surface area contributed by atoms with Crippen LogP contribution in [-0.2, 0) is 20.3 Å². The van der Waals surface area contributed by atoms with Gasteiger partial charge in [0.2, 0.25) is 0 Å². The van der Waals surface area contributed by atoms with E-state index in [9.17, 15) is 0 Å². The van der Waals surface area contributed by atoms with Crippen molar-refractivity contribution in [1.82, 2.24) is 9.55 Å². The lowest BCUT2D eigenvalue weighted by Crippen LogP contribution is -2.46. The minimum absolute atomic E-state index is 0.629. The molecule has 134 valence electrons. The number of rotatable bonds is 11. The number of nitrogens with zero attached hydrogens (tertiary/aromatic N) is 2. The first-order valence-corrected chi connectivity index (χ1v) is 11.5. The summed E-state index contributed by atoms with van der Waals surface area (Å²) in [6.45, 7) is 7.87. The molecule has 0 aliphatic heterocycles. The normalized spacial score (nSPS) is 12.2. The van der Waals surface area contributed by atoms with Gasteiger partial charge < -0.3 is 17.8 Å². The molecule has 0 fully saturated rings. The van der Waals surface area contributed by atoms with Gasteiger partial charge in [-0.05, 0) is 39.3 Å². The minimum atomic E-state index is -2.52. The standard InChI is InChI=1S/C17H28N2O3SSi/c1-5-20-24(21-6-2,22-7-3)14-10-13-23-17-18-15-11-8-9-12-16(15)19(17)4/h8-9,11-12H,5-7,10,13-14H2,1-4H3. The molecule has 0 saturated heterocycles. The van der Waals surface area contributed by atoms with Crippen molar-refractivity contribution in [2.24, 2.45) is 7.05 Å². The Morgan fingerprint density at radius 2 is 1.67 bits per heavy atom. The Labute approximate surface area is 150 Å². The summed E-state index contributed by atoms with van der Waals surface area (Å²) in [5, 5.41) is 1.05. The van der Waals surface area contributed by atoms with Gasteiger partial charge in [0, 0.05) is 38.7 Å². The molecule has 0 atom stereocenters. The van der Waals surface area contributed by atoms with E-state index in [0.29, 0.717) is 19.8 Å². The Kier molecular flexibility index (Phi) is 7.77. The van der Waals surface area contributed by atoms with Crippen molar-refractivity contribution in [3.8, 4) is 0 Å². The minimum Gasteiger partial charge on any atom is -0.374 e. The van der Waals surface area contributed by atoms with Crippen molar-refractivity contribution in [3.05, 3.63) is 24.3 Å². The van der Waals surface area contributed by atoms with Crippen molar-refractivity contribution in [1.29, 1.82) is 0 Å². The highest BCUT2D eigenvalue weighted by Gasteiger charge is 2.39. The molecule has 0 unspecified atom stereocenters. The van der Waals surface area contributed by atoms with E-state index in [0.717, 1.165) is 28.9 Å². The molecule has 2 aromatic rings. The van der Waals surface area contributed by atoms with Gasteiger partial charge >= 0.3 is 8.80 Å². The summed E-state index contributed by atoms with van der Waals surface area (Å²) in [7, 11) is -0.453. The number of para-hydroxylation sites is 2. The van der Waals surface area contributed by atoms with Gasteiger partial charge in [0.1, 0.15) is 0 Å². The molecule has 0 aliphatic carbocycles. The van der Waals surface area contributed by atoms with Gasteiger partial charge in [-0.1, -0.05) is 23.9 Å². The van der Waals surface area contributed by atoms with E-state index < -0.39 is 8.80 Å². The smallest absolute Gasteiger partial charge is 0.374 e. The van der Waals surface area contributed by atoms with Crippen LogP contribution in [0.1, 0.15) is 27.2 Å². The number of benzene rings is 1. The fraction of sp³-hybridized carbons (Fsp3) is 0.588. The number of hydrogen-bond donors (Lipinski definition) is 0. The molecular weight excluding hydrogens is 340 g/mol. The third kappa shape index (κ3) is 4.83. The first-order valence-electron chi connectivity index (χ1n) is 8.62. The second-order valence-corrected chi connectivity index (χ2v) is 9.17. The van der Waals surface area contributed by atoms with Gasteiger partial charge in [-0.2, -0.15) is 0 Å². The van der Waals surface area contributed by atoms with E-state index >= 15 is 0 Å². The molecule has 5 nitrogen and oxygen atoms in total. The zero-order valence-corrected chi connectivity index (χ0v) is 16.9. The Morgan fingerprint density at radius 3 is 2.25 bits per heavy atom. The predicted molar refractivity (Wildman–Crippen MR) is 101 cm³/mol. The number of fused-ring (bicyclic) bond motifs is 1. The van der Waals surface area contributed by atoms with Crippen LogP contribution in [0.25, 0.3) is 11.0 Å². The van der Waals surface area contributed by atoms with Crippen molar-refractivity contribution >= 4 is 31.6 Å². The van der Waals surface area contributed by atoms with Gasteiger partial charge in [0.25, 0.3) is 0 Å². The average molecular weight is 369 g/mol. The molecule has 0 N–H and O–H groups in total. The molecule has 0 saturated carbocycles. The van der Waals surface area contributed by atoms with Crippen LogP contribution in [0.15, 0.2) is 29.4 Å². The second kappa shape index (κ2) is 9.58. The maximum Gasteiger partial charge on any atom is 0.500 e. The number of thioether (sulfide) groups is 1. The number of hydrogen-bond acceptors (Lipinski definition) is 5. The Bertz CT molecular complexity index is 618. The third-order valence-corrected chi connectivity index (χ3v) is 7.96. The second-order valence-electron chi connectivity index (χ2n) is 5.38.